The van der Waals surface area contributed by atoms with Gasteiger partial charge in [0.05, 0.1) is 0 Å². The Labute approximate surface area is 92.6 Å². The van der Waals surface area contributed by atoms with Crippen LogP contribution in [-0.2, 0) is 0 Å². The molecule has 0 aliphatic heterocycles. The Kier molecular flexibility index (Phi) is 5.74. The fourth-order valence-electron chi connectivity index (χ4n) is 1.46. The summed E-state index contributed by atoms with van der Waals surface area (Å²) in [5.41, 5.74) is 0. The van der Waals surface area contributed by atoms with E-state index >= 15 is 0 Å². The minimum absolute atomic E-state index is 0.874. The molecule has 1 aromatic rings. The second-order valence-electron chi connectivity index (χ2n) is 3.74. The molecule has 0 bridgehead atoms. The second kappa shape index (κ2) is 7.21. The highest BCUT2D eigenvalue weighted by atomic mass is 15.2. The van der Waals surface area contributed by atoms with Gasteiger partial charge in [-0.1, -0.05) is 26.7 Å². The van der Waals surface area contributed by atoms with Gasteiger partial charge in [-0.3, -0.25) is 0 Å². The molecule has 3 heteroatoms. The Hall–Kier alpha value is -1.12. The molecule has 1 heterocycles. The molecule has 0 aliphatic rings. The zero-order chi connectivity index (χ0) is 10.9. The average Bonchev–Trinajstić information content (AvgIpc) is 2.30. The molecule has 0 saturated heterocycles. The fraction of sp³-hybridized carbons (Fsp3) is 0.667. The molecule has 0 saturated carbocycles. The van der Waals surface area contributed by atoms with Crippen molar-refractivity contribution in [3.05, 3.63) is 18.5 Å². The van der Waals surface area contributed by atoms with Crippen molar-refractivity contribution < 1.29 is 0 Å². The van der Waals surface area contributed by atoms with E-state index in [9.17, 15) is 0 Å². The highest BCUT2D eigenvalue weighted by Crippen LogP contribution is 2.08. The van der Waals surface area contributed by atoms with Gasteiger partial charge < -0.3 is 4.90 Å². The summed E-state index contributed by atoms with van der Waals surface area (Å²) in [4.78, 5) is 10.9. The first-order chi connectivity index (χ1) is 7.38. The molecular weight excluding hydrogens is 186 g/mol. The van der Waals surface area contributed by atoms with Crippen molar-refractivity contribution in [3.63, 3.8) is 0 Å². The minimum Gasteiger partial charge on any atom is -0.341 e. The first-order valence-corrected chi connectivity index (χ1v) is 5.90. The molecule has 1 aromatic heterocycles. The van der Waals surface area contributed by atoms with Gasteiger partial charge in [0.15, 0.2) is 0 Å². The number of anilines is 1. The second-order valence-corrected chi connectivity index (χ2v) is 3.74. The Morgan fingerprint density at radius 3 is 2.00 bits per heavy atom. The van der Waals surface area contributed by atoms with Crippen LogP contribution in [0.2, 0.25) is 0 Å². The lowest BCUT2D eigenvalue weighted by atomic mass is 10.3. The van der Waals surface area contributed by atoms with Crippen LogP contribution >= 0.6 is 0 Å². The number of rotatable bonds is 7. The monoisotopic (exact) mass is 207 g/mol. The van der Waals surface area contributed by atoms with Crippen molar-refractivity contribution in [2.75, 3.05) is 18.0 Å². The zero-order valence-corrected chi connectivity index (χ0v) is 9.82. The van der Waals surface area contributed by atoms with Crippen molar-refractivity contribution in [2.45, 2.75) is 39.5 Å². The summed E-state index contributed by atoms with van der Waals surface area (Å²) in [6.45, 7) is 6.56. The van der Waals surface area contributed by atoms with Gasteiger partial charge in [0.25, 0.3) is 0 Å². The van der Waals surface area contributed by atoms with Crippen LogP contribution in [0.1, 0.15) is 39.5 Å². The van der Waals surface area contributed by atoms with Crippen molar-refractivity contribution in [1.29, 1.82) is 0 Å². The van der Waals surface area contributed by atoms with E-state index in [1.807, 2.05) is 18.5 Å². The highest BCUT2D eigenvalue weighted by molar-refractivity contribution is 5.27. The highest BCUT2D eigenvalue weighted by Gasteiger charge is 2.06. The first-order valence-electron chi connectivity index (χ1n) is 5.90. The van der Waals surface area contributed by atoms with E-state index in [0.29, 0.717) is 0 Å². The molecule has 84 valence electrons. The Morgan fingerprint density at radius 2 is 1.53 bits per heavy atom. The van der Waals surface area contributed by atoms with Gasteiger partial charge in [-0.25, -0.2) is 9.97 Å². The lowest BCUT2D eigenvalue weighted by molar-refractivity contribution is 0.663. The van der Waals surface area contributed by atoms with Gasteiger partial charge in [0.2, 0.25) is 5.95 Å². The summed E-state index contributed by atoms with van der Waals surface area (Å²) in [6, 6.07) is 1.86. The van der Waals surface area contributed by atoms with Gasteiger partial charge in [-0.15, -0.1) is 0 Å². The van der Waals surface area contributed by atoms with Crippen molar-refractivity contribution in [3.8, 4) is 0 Å². The summed E-state index contributed by atoms with van der Waals surface area (Å²) >= 11 is 0. The van der Waals surface area contributed by atoms with Crippen LogP contribution < -0.4 is 4.90 Å². The van der Waals surface area contributed by atoms with E-state index in [1.165, 1.54) is 25.7 Å². The van der Waals surface area contributed by atoms with Crippen LogP contribution in [0, 0.1) is 0 Å². The molecule has 0 fully saturated rings. The molecule has 1 rings (SSSR count). The molecule has 0 unspecified atom stereocenters. The van der Waals surface area contributed by atoms with E-state index in [0.717, 1.165) is 19.0 Å². The van der Waals surface area contributed by atoms with Crippen LogP contribution in [0.25, 0.3) is 0 Å². The van der Waals surface area contributed by atoms with Gasteiger partial charge >= 0.3 is 0 Å². The molecule has 0 aliphatic carbocycles. The lowest BCUT2D eigenvalue weighted by Crippen LogP contribution is -2.27. The van der Waals surface area contributed by atoms with Gasteiger partial charge in [-0.2, -0.15) is 0 Å². The lowest BCUT2D eigenvalue weighted by Gasteiger charge is -2.21. The van der Waals surface area contributed by atoms with Crippen LogP contribution in [0.4, 0.5) is 5.95 Å². The summed E-state index contributed by atoms with van der Waals surface area (Å²) in [5, 5.41) is 0. The van der Waals surface area contributed by atoms with Crippen molar-refractivity contribution in [2.24, 2.45) is 0 Å². The van der Waals surface area contributed by atoms with Crippen molar-refractivity contribution in [1.82, 2.24) is 9.97 Å². The SMILES string of the molecule is CCCCN(CCCC)c1ncccn1. The normalized spacial score (nSPS) is 10.3. The van der Waals surface area contributed by atoms with Crippen molar-refractivity contribution >= 4 is 5.95 Å². The Balaban J connectivity index is 2.55. The predicted molar refractivity (Wildman–Crippen MR) is 64.1 cm³/mol. The summed E-state index contributed by atoms with van der Waals surface area (Å²) in [7, 11) is 0. The Bertz CT molecular complexity index is 240. The summed E-state index contributed by atoms with van der Waals surface area (Å²) in [5.74, 6) is 0.874. The minimum atomic E-state index is 0.874. The quantitative estimate of drug-likeness (QED) is 0.688. The summed E-state index contributed by atoms with van der Waals surface area (Å²) < 4.78 is 0. The molecule has 0 N–H and O–H groups in total. The number of aromatic nitrogens is 2. The number of hydrogen-bond acceptors (Lipinski definition) is 3. The van der Waals surface area contributed by atoms with Crippen LogP contribution in [-0.4, -0.2) is 23.1 Å². The average molecular weight is 207 g/mol. The molecule has 0 aromatic carbocycles. The third-order valence-corrected chi connectivity index (χ3v) is 2.40. The first kappa shape index (κ1) is 12.0. The largest absolute Gasteiger partial charge is 0.341 e. The van der Waals surface area contributed by atoms with Crippen LogP contribution in [0.3, 0.4) is 0 Å². The standard InChI is InChI=1S/C12H21N3/c1-3-5-10-15(11-6-4-2)12-13-8-7-9-14-12/h7-9H,3-6,10-11H2,1-2H3. The maximum Gasteiger partial charge on any atom is 0.225 e. The summed E-state index contributed by atoms with van der Waals surface area (Å²) in [6.07, 6.45) is 8.48. The van der Waals surface area contributed by atoms with Crippen LogP contribution in [0.15, 0.2) is 18.5 Å². The van der Waals surface area contributed by atoms with E-state index in [1.54, 1.807) is 0 Å². The topological polar surface area (TPSA) is 29.0 Å². The number of unbranched alkanes of at least 4 members (excludes halogenated alkanes) is 2. The zero-order valence-electron chi connectivity index (χ0n) is 9.82. The molecule has 0 radical (unpaired) electrons. The fourth-order valence-corrected chi connectivity index (χ4v) is 1.46. The van der Waals surface area contributed by atoms with Gasteiger partial charge in [-0.05, 0) is 18.9 Å². The molecule has 15 heavy (non-hydrogen) atoms. The van der Waals surface area contributed by atoms with Gasteiger partial charge in [0, 0.05) is 25.5 Å². The maximum atomic E-state index is 4.30. The smallest absolute Gasteiger partial charge is 0.225 e. The number of nitrogens with zero attached hydrogens (tertiary/aromatic N) is 3. The molecule has 0 spiro atoms. The third-order valence-electron chi connectivity index (χ3n) is 2.40. The van der Waals surface area contributed by atoms with Gasteiger partial charge in [0.1, 0.15) is 0 Å². The maximum absolute atomic E-state index is 4.30. The molecule has 3 nitrogen and oxygen atoms in total. The Morgan fingerprint density at radius 1 is 1.00 bits per heavy atom. The predicted octanol–water partition coefficient (Wildman–Crippen LogP) is 2.88. The molecule has 0 amide bonds. The third kappa shape index (κ3) is 4.28. The number of hydrogen-bond donors (Lipinski definition) is 0. The van der Waals surface area contributed by atoms with E-state index in [4.69, 9.17) is 0 Å². The van der Waals surface area contributed by atoms with E-state index in [-0.39, 0.29) is 0 Å². The van der Waals surface area contributed by atoms with E-state index < -0.39 is 0 Å². The van der Waals surface area contributed by atoms with E-state index in [2.05, 4.69) is 28.7 Å². The molecule has 0 atom stereocenters. The molecular formula is C12H21N3. The van der Waals surface area contributed by atoms with Crippen LogP contribution in [0.5, 0.6) is 0 Å².